The van der Waals surface area contributed by atoms with E-state index in [1.54, 1.807) is 22.8 Å². The largest absolute Gasteiger partial charge is 0.433 e. The van der Waals surface area contributed by atoms with Gasteiger partial charge in [0.2, 0.25) is 0 Å². The second kappa shape index (κ2) is 7.25. The van der Waals surface area contributed by atoms with Crippen molar-refractivity contribution in [3.05, 3.63) is 23.9 Å². The molecular formula is C19H25F3N4O2. The van der Waals surface area contributed by atoms with Crippen LogP contribution in [0.1, 0.15) is 39.3 Å². The fourth-order valence-corrected chi connectivity index (χ4v) is 4.03. The van der Waals surface area contributed by atoms with Gasteiger partial charge in [0.05, 0.1) is 0 Å². The Balaban J connectivity index is 1.83. The highest BCUT2D eigenvalue weighted by Gasteiger charge is 2.57. The molecule has 6 nitrogen and oxygen atoms in total. The van der Waals surface area contributed by atoms with Gasteiger partial charge in [-0.05, 0) is 37.8 Å². The molecule has 0 aliphatic carbocycles. The number of likely N-dealkylation sites (N-methyl/N-ethyl adjacent to an activating group) is 1. The van der Waals surface area contributed by atoms with E-state index in [9.17, 15) is 22.8 Å². The van der Waals surface area contributed by atoms with Crippen molar-refractivity contribution in [3.63, 3.8) is 0 Å². The molecule has 0 bridgehead atoms. The summed E-state index contributed by atoms with van der Waals surface area (Å²) in [7, 11) is 0. The van der Waals surface area contributed by atoms with E-state index in [0.29, 0.717) is 39.0 Å². The number of piperidine rings is 1. The second-order valence-electron chi connectivity index (χ2n) is 7.73. The number of urea groups is 1. The van der Waals surface area contributed by atoms with Crippen LogP contribution in [0.5, 0.6) is 0 Å². The van der Waals surface area contributed by atoms with Gasteiger partial charge in [-0.2, -0.15) is 13.2 Å². The molecule has 0 aromatic carbocycles. The molecule has 3 rings (SSSR count). The lowest BCUT2D eigenvalue weighted by Crippen LogP contribution is -2.57. The van der Waals surface area contributed by atoms with E-state index in [0.717, 1.165) is 6.07 Å². The maximum atomic E-state index is 13.0. The van der Waals surface area contributed by atoms with Crippen LogP contribution < -0.4 is 4.90 Å². The summed E-state index contributed by atoms with van der Waals surface area (Å²) in [5.41, 5.74) is -1.84. The van der Waals surface area contributed by atoms with Crippen LogP contribution in [0.15, 0.2) is 18.2 Å². The third kappa shape index (κ3) is 3.42. The number of amides is 3. The summed E-state index contributed by atoms with van der Waals surface area (Å²) in [6.07, 6.45) is -3.76. The van der Waals surface area contributed by atoms with Gasteiger partial charge >= 0.3 is 12.2 Å². The maximum Gasteiger partial charge on any atom is 0.433 e. The molecule has 9 heteroatoms. The van der Waals surface area contributed by atoms with Gasteiger partial charge in [0.1, 0.15) is 17.1 Å². The maximum absolute atomic E-state index is 13.0. The van der Waals surface area contributed by atoms with Crippen molar-refractivity contribution in [2.45, 2.75) is 45.3 Å². The first-order chi connectivity index (χ1) is 13.1. The third-order valence-corrected chi connectivity index (χ3v) is 5.43. The number of anilines is 1. The summed E-state index contributed by atoms with van der Waals surface area (Å²) in [4.78, 5) is 34.2. The normalized spacial score (nSPS) is 20.0. The lowest BCUT2D eigenvalue weighted by Gasteiger charge is -2.43. The minimum Gasteiger partial charge on any atom is -0.356 e. The number of halogens is 3. The van der Waals surface area contributed by atoms with E-state index >= 15 is 0 Å². The molecule has 0 radical (unpaired) electrons. The van der Waals surface area contributed by atoms with Crippen molar-refractivity contribution >= 4 is 17.8 Å². The number of nitrogens with zero attached hydrogens (tertiary/aromatic N) is 4. The number of imide groups is 1. The number of rotatable bonds is 4. The first kappa shape index (κ1) is 20.4. The smallest absolute Gasteiger partial charge is 0.356 e. The summed E-state index contributed by atoms with van der Waals surface area (Å²) >= 11 is 0. The number of hydrogen-bond acceptors (Lipinski definition) is 4. The highest BCUT2D eigenvalue weighted by molar-refractivity contribution is 6.07. The van der Waals surface area contributed by atoms with Gasteiger partial charge in [0.15, 0.2) is 0 Å². The molecule has 3 amide bonds. The molecule has 2 aliphatic heterocycles. The van der Waals surface area contributed by atoms with Gasteiger partial charge in [-0.25, -0.2) is 9.78 Å². The first-order valence-corrected chi connectivity index (χ1v) is 9.53. The summed E-state index contributed by atoms with van der Waals surface area (Å²) < 4.78 is 38.8. The van der Waals surface area contributed by atoms with Crippen LogP contribution in [0.3, 0.4) is 0 Å². The van der Waals surface area contributed by atoms with Crippen LogP contribution in [-0.2, 0) is 11.0 Å². The minimum absolute atomic E-state index is 0.197. The van der Waals surface area contributed by atoms with Crippen molar-refractivity contribution in [1.82, 2.24) is 14.8 Å². The Bertz CT molecular complexity index is 758. The average Bonchev–Trinajstić information content (AvgIpc) is 2.83. The zero-order chi connectivity index (χ0) is 20.7. The zero-order valence-electron chi connectivity index (χ0n) is 16.3. The summed E-state index contributed by atoms with van der Waals surface area (Å²) in [6, 6.07) is 3.55. The van der Waals surface area contributed by atoms with Crippen LogP contribution >= 0.6 is 0 Å². The van der Waals surface area contributed by atoms with E-state index in [1.165, 1.54) is 11.0 Å². The molecule has 2 aliphatic rings. The number of carbonyl (C=O) groups is 2. The quantitative estimate of drug-likeness (QED) is 0.730. The molecule has 1 aromatic heterocycles. The Kier molecular flexibility index (Phi) is 5.29. The second-order valence-corrected chi connectivity index (χ2v) is 7.73. The fourth-order valence-electron chi connectivity index (χ4n) is 4.03. The van der Waals surface area contributed by atoms with Crippen LogP contribution in [0.25, 0.3) is 0 Å². The highest BCUT2D eigenvalue weighted by Crippen LogP contribution is 2.39. The highest BCUT2D eigenvalue weighted by atomic mass is 19.4. The Morgan fingerprint density at radius 1 is 1.18 bits per heavy atom. The van der Waals surface area contributed by atoms with E-state index in [1.807, 2.05) is 13.8 Å². The standard InChI is InChI=1S/C19H25F3N4O2/c1-4-25-16(27)18(26(17(25)28)12-13(2)3)8-10-24(11-9-18)15-7-5-6-14(23-15)19(20,21)22/h5-7,13H,4,8-12H2,1-3H3. The molecule has 0 unspecified atom stereocenters. The first-order valence-electron chi connectivity index (χ1n) is 9.53. The fraction of sp³-hybridized carbons (Fsp3) is 0.632. The van der Waals surface area contributed by atoms with Gasteiger partial charge < -0.3 is 9.80 Å². The topological polar surface area (TPSA) is 56.8 Å². The van der Waals surface area contributed by atoms with Crippen molar-refractivity contribution < 1.29 is 22.8 Å². The SMILES string of the molecule is CCN1C(=O)N(CC(C)C)C2(CCN(c3cccc(C(F)(F)F)n3)CC2)C1=O. The molecule has 1 spiro atoms. The molecule has 2 saturated heterocycles. The number of aromatic nitrogens is 1. The van der Waals surface area contributed by atoms with Crippen molar-refractivity contribution in [2.24, 2.45) is 5.92 Å². The molecule has 0 saturated carbocycles. The van der Waals surface area contributed by atoms with Crippen molar-refractivity contribution in [3.8, 4) is 0 Å². The number of hydrogen-bond donors (Lipinski definition) is 0. The van der Waals surface area contributed by atoms with Gasteiger partial charge in [0.25, 0.3) is 5.91 Å². The monoisotopic (exact) mass is 398 g/mol. The Hall–Kier alpha value is -2.32. The lowest BCUT2D eigenvalue weighted by atomic mass is 9.85. The van der Waals surface area contributed by atoms with Gasteiger partial charge in [-0.1, -0.05) is 19.9 Å². The predicted octanol–water partition coefficient (Wildman–Crippen LogP) is 3.38. The third-order valence-electron chi connectivity index (χ3n) is 5.43. The molecular weight excluding hydrogens is 373 g/mol. The molecule has 2 fully saturated rings. The Morgan fingerprint density at radius 3 is 2.36 bits per heavy atom. The minimum atomic E-state index is -4.50. The Morgan fingerprint density at radius 2 is 1.82 bits per heavy atom. The van der Waals surface area contributed by atoms with Crippen molar-refractivity contribution in [1.29, 1.82) is 0 Å². The lowest BCUT2D eigenvalue weighted by molar-refractivity contribution is -0.141. The number of carbonyl (C=O) groups excluding carboxylic acids is 2. The summed E-state index contributed by atoms with van der Waals surface area (Å²) in [5.74, 6) is 0.245. The predicted molar refractivity (Wildman–Crippen MR) is 97.7 cm³/mol. The summed E-state index contributed by atoms with van der Waals surface area (Å²) in [6.45, 7) is 7.25. The van der Waals surface area contributed by atoms with E-state index in [2.05, 4.69) is 4.98 Å². The molecule has 3 heterocycles. The molecule has 28 heavy (non-hydrogen) atoms. The number of alkyl halides is 3. The molecule has 0 atom stereocenters. The van der Waals surface area contributed by atoms with Gasteiger partial charge in [-0.3, -0.25) is 9.69 Å². The van der Waals surface area contributed by atoms with Gasteiger partial charge in [0, 0.05) is 26.2 Å². The number of pyridine rings is 1. The molecule has 1 aromatic rings. The van der Waals surface area contributed by atoms with E-state index in [-0.39, 0.29) is 23.7 Å². The van der Waals surface area contributed by atoms with Crippen LogP contribution in [0.2, 0.25) is 0 Å². The van der Waals surface area contributed by atoms with Crippen LogP contribution in [0, 0.1) is 5.92 Å². The molecule has 0 N–H and O–H groups in total. The molecule has 154 valence electrons. The zero-order valence-corrected chi connectivity index (χ0v) is 16.3. The van der Waals surface area contributed by atoms with Crippen LogP contribution in [-0.4, -0.2) is 58.4 Å². The van der Waals surface area contributed by atoms with E-state index in [4.69, 9.17) is 0 Å². The van der Waals surface area contributed by atoms with Gasteiger partial charge in [-0.15, -0.1) is 0 Å². The Labute approximate surface area is 162 Å². The average molecular weight is 398 g/mol. The van der Waals surface area contributed by atoms with Crippen LogP contribution in [0.4, 0.5) is 23.8 Å². The summed E-state index contributed by atoms with van der Waals surface area (Å²) in [5, 5.41) is 0. The van der Waals surface area contributed by atoms with E-state index < -0.39 is 17.4 Å². The van der Waals surface area contributed by atoms with Crippen molar-refractivity contribution in [2.75, 3.05) is 31.1 Å².